The number of fused-ring (bicyclic) bond motifs is 5. The van der Waals surface area contributed by atoms with Crippen LogP contribution in [0.2, 0.25) is 0 Å². The fraction of sp³-hybridized carbons (Fsp3) is 1.00. The van der Waals surface area contributed by atoms with Gasteiger partial charge in [0.2, 0.25) is 0 Å². The molecule has 31 heavy (non-hydrogen) atoms. The minimum atomic E-state index is -0.245. The molecule has 0 aromatic rings. The van der Waals surface area contributed by atoms with Crippen LogP contribution in [0.15, 0.2) is 0 Å². The quantitative estimate of drug-likeness (QED) is 0.426. The second-order valence-corrected chi connectivity index (χ2v) is 12.1. The Hall–Kier alpha value is -0.200. The van der Waals surface area contributed by atoms with E-state index in [1.165, 1.54) is 44.9 Å². The van der Waals surface area contributed by atoms with E-state index in [4.69, 9.17) is 24.0 Å². The fourth-order valence-corrected chi connectivity index (χ4v) is 8.98. The Morgan fingerprint density at radius 1 is 0.710 bits per heavy atom. The molecule has 5 heteroatoms. The molecule has 2 unspecified atom stereocenters. The van der Waals surface area contributed by atoms with Crippen LogP contribution in [0.4, 0.5) is 0 Å². The first-order valence-corrected chi connectivity index (χ1v) is 13.2. The van der Waals surface area contributed by atoms with Gasteiger partial charge in [0.25, 0.3) is 0 Å². The zero-order valence-electron chi connectivity index (χ0n) is 19.6. The van der Waals surface area contributed by atoms with Gasteiger partial charge in [0.05, 0.1) is 19.3 Å². The van der Waals surface area contributed by atoms with Gasteiger partial charge < -0.3 is 14.2 Å². The lowest BCUT2D eigenvalue weighted by molar-refractivity contribution is -0.415. The lowest BCUT2D eigenvalue weighted by Crippen LogP contribution is -2.56. The maximum atomic E-state index is 6.13. The van der Waals surface area contributed by atoms with E-state index in [1.54, 1.807) is 0 Å². The van der Waals surface area contributed by atoms with Crippen LogP contribution in [0.1, 0.15) is 90.9 Å². The van der Waals surface area contributed by atoms with Crippen LogP contribution in [0.25, 0.3) is 0 Å². The summed E-state index contributed by atoms with van der Waals surface area (Å²) in [5, 5.41) is 0. The Bertz CT molecular complexity index is 656. The molecule has 6 fully saturated rings. The molecule has 6 rings (SSSR count). The highest BCUT2D eigenvalue weighted by Gasteiger charge is 2.62. The normalized spacial score (nSPS) is 51.3. The third-order valence-electron chi connectivity index (χ3n) is 10.8. The van der Waals surface area contributed by atoms with E-state index in [0.717, 1.165) is 75.6 Å². The van der Waals surface area contributed by atoms with Gasteiger partial charge in [-0.15, -0.1) is 0 Å². The highest BCUT2D eigenvalue weighted by molar-refractivity contribution is 5.10. The van der Waals surface area contributed by atoms with Gasteiger partial charge in [0.15, 0.2) is 12.1 Å². The first-order chi connectivity index (χ1) is 15.0. The molecule has 4 aliphatic carbocycles. The fourth-order valence-electron chi connectivity index (χ4n) is 8.98. The summed E-state index contributed by atoms with van der Waals surface area (Å²) >= 11 is 0. The first-order valence-electron chi connectivity index (χ1n) is 13.2. The average Bonchev–Trinajstić information content (AvgIpc) is 3.38. The Morgan fingerprint density at radius 2 is 1.55 bits per heavy atom. The third-order valence-corrected chi connectivity index (χ3v) is 10.8. The second-order valence-electron chi connectivity index (χ2n) is 12.1. The molecule has 0 radical (unpaired) electrons. The molecular weight excluding hydrogens is 392 g/mol. The average molecular weight is 435 g/mol. The molecule has 0 N–H and O–H groups in total. The van der Waals surface area contributed by atoms with Crippen LogP contribution < -0.4 is 0 Å². The van der Waals surface area contributed by atoms with E-state index in [9.17, 15) is 0 Å². The summed E-state index contributed by atoms with van der Waals surface area (Å²) in [5.74, 6) is 2.98. The molecule has 2 saturated heterocycles. The molecule has 5 nitrogen and oxygen atoms in total. The van der Waals surface area contributed by atoms with Gasteiger partial charge in [-0.1, -0.05) is 13.8 Å². The third kappa shape index (κ3) is 3.44. The van der Waals surface area contributed by atoms with Crippen molar-refractivity contribution >= 4 is 0 Å². The smallest absolute Gasteiger partial charge is 0.191 e. The highest BCUT2D eigenvalue weighted by Crippen LogP contribution is 2.67. The molecule has 0 aromatic carbocycles. The summed E-state index contributed by atoms with van der Waals surface area (Å²) in [6.45, 7) is 7.49. The summed E-state index contributed by atoms with van der Waals surface area (Å²) in [7, 11) is 0. The standard InChI is InChI=1S/C26H42O5/c1-24-12-13-26(28-15-16-29-26)17-18(24)6-7-19-20-8-9-22(25(20,2)11-10-21(19)24)30-31-23-5-3-4-14-27-23/h18-23H,3-17H2,1-2H3/t18-,19-,20?,21-,22-,23?,24-,25-/m0/s1. The molecule has 4 saturated carbocycles. The highest BCUT2D eigenvalue weighted by atomic mass is 17.2. The monoisotopic (exact) mass is 434 g/mol. The second kappa shape index (κ2) is 7.94. The largest absolute Gasteiger partial charge is 0.350 e. The molecule has 1 spiro atoms. The molecule has 6 aliphatic rings. The summed E-state index contributed by atoms with van der Waals surface area (Å²) in [4.78, 5) is 12.0. The van der Waals surface area contributed by atoms with Crippen LogP contribution in [0, 0.1) is 34.5 Å². The minimum absolute atomic E-state index is 0.156. The van der Waals surface area contributed by atoms with Crippen molar-refractivity contribution in [3.63, 3.8) is 0 Å². The van der Waals surface area contributed by atoms with E-state index in [-0.39, 0.29) is 23.6 Å². The van der Waals surface area contributed by atoms with Crippen molar-refractivity contribution in [1.29, 1.82) is 0 Å². The van der Waals surface area contributed by atoms with Crippen LogP contribution in [-0.2, 0) is 24.0 Å². The van der Waals surface area contributed by atoms with E-state index in [2.05, 4.69) is 13.8 Å². The zero-order chi connectivity index (χ0) is 21.1. The summed E-state index contributed by atoms with van der Waals surface area (Å²) in [6.07, 6.45) is 14.6. The van der Waals surface area contributed by atoms with Crippen LogP contribution >= 0.6 is 0 Å². The summed E-state index contributed by atoms with van der Waals surface area (Å²) < 4.78 is 18.0. The molecular formula is C26H42O5. The van der Waals surface area contributed by atoms with Crippen molar-refractivity contribution in [1.82, 2.24) is 0 Å². The molecule has 0 aromatic heterocycles. The Labute approximate surface area is 187 Å². The van der Waals surface area contributed by atoms with Crippen LogP contribution in [0.3, 0.4) is 0 Å². The van der Waals surface area contributed by atoms with Gasteiger partial charge >= 0.3 is 0 Å². The van der Waals surface area contributed by atoms with E-state index < -0.39 is 0 Å². The van der Waals surface area contributed by atoms with Gasteiger partial charge in [0.1, 0.15) is 0 Å². The van der Waals surface area contributed by atoms with Crippen molar-refractivity contribution < 1.29 is 24.0 Å². The van der Waals surface area contributed by atoms with Crippen molar-refractivity contribution in [3.8, 4) is 0 Å². The maximum absolute atomic E-state index is 6.13. The van der Waals surface area contributed by atoms with Gasteiger partial charge in [0, 0.05) is 31.3 Å². The van der Waals surface area contributed by atoms with Gasteiger partial charge in [-0.05, 0) is 86.9 Å². The lowest BCUT2D eigenvalue weighted by atomic mass is 9.45. The Kier molecular flexibility index (Phi) is 5.46. The van der Waals surface area contributed by atoms with E-state index in [0.29, 0.717) is 5.41 Å². The molecule has 2 heterocycles. The predicted molar refractivity (Wildman–Crippen MR) is 116 cm³/mol. The number of hydrogen-bond donors (Lipinski definition) is 0. The van der Waals surface area contributed by atoms with Gasteiger partial charge in [-0.25, -0.2) is 9.78 Å². The topological polar surface area (TPSA) is 46.2 Å². The van der Waals surface area contributed by atoms with E-state index in [1.807, 2.05) is 0 Å². The number of hydrogen-bond acceptors (Lipinski definition) is 5. The first kappa shape index (κ1) is 21.3. The van der Waals surface area contributed by atoms with Gasteiger partial charge in [-0.2, -0.15) is 0 Å². The molecule has 8 atom stereocenters. The predicted octanol–water partition coefficient (Wildman–Crippen LogP) is 5.62. The van der Waals surface area contributed by atoms with Crippen molar-refractivity contribution in [2.45, 2.75) is 109 Å². The van der Waals surface area contributed by atoms with Crippen LogP contribution in [-0.4, -0.2) is 38.0 Å². The maximum Gasteiger partial charge on any atom is 0.191 e. The number of ether oxygens (including phenoxy) is 3. The van der Waals surface area contributed by atoms with Crippen LogP contribution in [0.5, 0.6) is 0 Å². The van der Waals surface area contributed by atoms with Crippen molar-refractivity contribution in [2.75, 3.05) is 19.8 Å². The SMILES string of the molecule is C[C@]12CCC3(C[C@@H]1CC[C@H]1C4CC[C@H](OOC5CCCCO5)[C@@]4(C)CC[C@@H]12)OCCO3. The zero-order valence-corrected chi connectivity index (χ0v) is 19.6. The van der Waals surface area contributed by atoms with Gasteiger partial charge in [-0.3, -0.25) is 0 Å². The minimum Gasteiger partial charge on any atom is -0.350 e. The Balaban J connectivity index is 1.14. The summed E-state index contributed by atoms with van der Waals surface area (Å²) in [6, 6.07) is 0. The summed E-state index contributed by atoms with van der Waals surface area (Å²) in [5.41, 5.74) is 0.711. The van der Waals surface area contributed by atoms with Crippen molar-refractivity contribution in [2.24, 2.45) is 34.5 Å². The number of rotatable bonds is 3. The molecule has 176 valence electrons. The van der Waals surface area contributed by atoms with E-state index >= 15 is 0 Å². The molecule has 2 aliphatic heterocycles. The Morgan fingerprint density at radius 3 is 2.35 bits per heavy atom. The van der Waals surface area contributed by atoms with Crippen molar-refractivity contribution in [3.05, 3.63) is 0 Å². The molecule has 0 bridgehead atoms. The molecule has 0 amide bonds. The lowest BCUT2D eigenvalue weighted by Gasteiger charge is -2.61.